The highest BCUT2D eigenvalue weighted by Gasteiger charge is 2.37. The van der Waals surface area contributed by atoms with E-state index < -0.39 is 10.7 Å². The van der Waals surface area contributed by atoms with Crippen molar-refractivity contribution in [3.8, 4) is 0 Å². The predicted octanol–water partition coefficient (Wildman–Crippen LogP) is 1.55. The second kappa shape index (κ2) is 4.65. The van der Waals surface area contributed by atoms with E-state index in [0.29, 0.717) is 18.0 Å². The summed E-state index contributed by atoms with van der Waals surface area (Å²) in [7, 11) is 1.81. The molecule has 1 rings (SSSR count). The Kier molecular flexibility index (Phi) is 3.73. The molecule has 0 amide bonds. The quantitative estimate of drug-likeness (QED) is 0.776. The Bertz CT molecular complexity index is 347. The van der Waals surface area contributed by atoms with Gasteiger partial charge >= 0.3 is 5.97 Å². The molecule has 1 aromatic heterocycles. The van der Waals surface area contributed by atoms with Crippen LogP contribution in [0.1, 0.15) is 26.7 Å². The highest BCUT2D eigenvalue weighted by atomic mass is 32.2. The molecule has 1 N–H and O–H groups in total. The van der Waals surface area contributed by atoms with Gasteiger partial charge in [0.25, 0.3) is 0 Å². The topological polar surface area (TPSA) is 68.0 Å². The third kappa shape index (κ3) is 2.31. The van der Waals surface area contributed by atoms with E-state index in [1.54, 1.807) is 17.9 Å². The zero-order valence-electron chi connectivity index (χ0n) is 9.10. The molecule has 5 nitrogen and oxygen atoms in total. The molecule has 0 aromatic carbocycles. The summed E-state index contributed by atoms with van der Waals surface area (Å²) in [6.45, 7) is 3.75. The molecule has 0 spiro atoms. The fourth-order valence-corrected chi connectivity index (χ4v) is 2.28. The van der Waals surface area contributed by atoms with Gasteiger partial charge in [-0.3, -0.25) is 4.79 Å². The van der Waals surface area contributed by atoms with Gasteiger partial charge in [-0.25, -0.2) is 0 Å². The second-order valence-electron chi connectivity index (χ2n) is 3.33. The van der Waals surface area contributed by atoms with Crippen molar-refractivity contribution < 1.29 is 9.90 Å². The minimum Gasteiger partial charge on any atom is -0.480 e. The number of carboxylic acids is 1. The van der Waals surface area contributed by atoms with Gasteiger partial charge in [-0.15, -0.1) is 10.2 Å². The Labute approximate surface area is 92.9 Å². The maximum atomic E-state index is 11.2. The van der Waals surface area contributed by atoms with Crippen LogP contribution in [0, 0.1) is 0 Å². The van der Waals surface area contributed by atoms with E-state index in [9.17, 15) is 9.90 Å². The molecule has 0 fully saturated rings. The van der Waals surface area contributed by atoms with Crippen molar-refractivity contribution in [2.45, 2.75) is 36.6 Å². The van der Waals surface area contributed by atoms with Gasteiger partial charge in [0.15, 0.2) is 5.16 Å². The molecule has 0 atom stereocenters. The van der Waals surface area contributed by atoms with Crippen LogP contribution in [-0.4, -0.2) is 30.6 Å². The third-order valence-electron chi connectivity index (χ3n) is 2.49. The number of hydrogen-bond donors (Lipinski definition) is 1. The number of aromatic nitrogens is 3. The molecule has 84 valence electrons. The van der Waals surface area contributed by atoms with Crippen molar-refractivity contribution in [3.63, 3.8) is 0 Å². The molecule has 0 radical (unpaired) electrons. The van der Waals surface area contributed by atoms with Crippen LogP contribution in [0.4, 0.5) is 0 Å². The number of rotatable bonds is 5. The Hall–Kier alpha value is -1.04. The first kappa shape index (κ1) is 12.0. The molecule has 0 saturated carbocycles. The van der Waals surface area contributed by atoms with E-state index in [-0.39, 0.29) is 0 Å². The fraction of sp³-hybridized carbons (Fsp3) is 0.667. The molecule has 0 aliphatic rings. The molecule has 0 bridgehead atoms. The number of aliphatic carboxylic acids is 1. The Morgan fingerprint density at radius 2 is 2.20 bits per heavy atom. The van der Waals surface area contributed by atoms with E-state index in [2.05, 4.69) is 10.2 Å². The highest BCUT2D eigenvalue weighted by Crippen LogP contribution is 2.37. The second-order valence-corrected chi connectivity index (χ2v) is 4.68. The lowest BCUT2D eigenvalue weighted by Gasteiger charge is -2.24. The van der Waals surface area contributed by atoms with Crippen molar-refractivity contribution in [2.24, 2.45) is 7.05 Å². The van der Waals surface area contributed by atoms with Crippen LogP contribution in [0.2, 0.25) is 0 Å². The lowest BCUT2D eigenvalue weighted by molar-refractivity contribution is -0.140. The number of thioether (sulfide) groups is 1. The maximum Gasteiger partial charge on any atom is 0.320 e. The molecule has 6 heteroatoms. The fourth-order valence-electron chi connectivity index (χ4n) is 1.28. The summed E-state index contributed by atoms with van der Waals surface area (Å²) in [6.07, 6.45) is 2.70. The summed E-state index contributed by atoms with van der Waals surface area (Å²) in [5.74, 6) is -0.791. The first-order chi connectivity index (χ1) is 7.05. The normalized spacial score (nSPS) is 11.7. The van der Waals surface area contributed by atoms with Crippen LogP contribution in [0.3, 0.4) is 0 Å². The van der Waals surface area contributed by atoms with Gasteiger partial charge in [0.2, 0.25) is 0 Å². The van der Waals surface area contributed by atoms with Crippen LogP contribution in [0.5, 0.6) is 0 Å². The van der Waals surface area contributed by atoms with Crippen molar-refractivity contribution in [3.05, 3.63) is 6.33 Å². The summed E-state index contributed by atoms with van der Waals surface area (Å²) < 4.78 is 0.939. The molecule has 1 heterocycles. The number of aryl methyl sites for hydroxylation is 1. The van der Waals surface area contributed by atoms with Gasteiger partial charge in [-0.1, -0.05) is 25.6 Å². The average molecular weight is 229 g/mol. The zero-order valence-corrected chi connectivity index (χ0v) is 9.91. The number of nitrogens with zero attached hydrogens (tertiary/aromatic N) is 3. The molecular formula is C9H15N3O2S. The van der Waals surface area contributed by atoms with Crippen LogP contribution in [-0.2, 0) is 11.8 Å². The molecule has 0 saturated heterocycles. The largest absolute Gasteiger partial charge is 0.480 e. The van der Waals surface area contributed by atoms with E-state index >= 15 is 0 Å². The van der Waals surface area contributed by atoms with Gasteiger partial charge in [0, 0.05) is 7.05 Å². The smallest absolute Gasteiger partial charge is 0.320 e. The van der Waals surface area contributed by atoms with Gasteiger partial charge in [0.05, 0.1) is 0 Å². The monoisotopic (exact) mass is 229 g/mol. The molecule has 0 unspecified atom stereocenters. The molecule has 15 heavy (non-hydrogen) atoms. The van der Waals surface area contributed by atoms with Crippen LogP contribution < -0.4 is 0 Å². The summed E-state index contributed by atoms with van der Waals surface area (Å²) in [5, 5.41) is 17.5. The summed E-state index contributed by atoms with van der Waals surface area (Å²) in [5.41, 5.74) is 0. The van der Waals surface area contributed by atoms with Crippen molar-refractivity contribution in [1.82, 2.24) is 14.8 Å². The van der Waals surface area contributed by atoms with Crippen LogP contribution >= 0.6 is 11.8 Å². The van der Waals surface area contributed by atoms with Crippen molar-refractivity contribution >= 4 is 17.7 Å². The molecular weight excluding hydrogens is 214 g/mol. The zero-order chi connectivity index (χ0) is 11.5. The number of carbonyl (C=O) groups is 1. The molecule has 0 aliphatic heterocycles. The Morgan fingerprint density at radius 1 is 1.60 bits per heavy atom. The van der Waals surface area contributed by atoms with E-state index in [1.807, 2.05) is 13.8 Å². The predicted molar refractivity (Wildman–Crippen MR) is 57.8 cm³/mol. The SMILES string of the molecule is CCC(CC)(Sc1nncn1C)C(=O)O. The standard InChI is InChI=1S/C9H15N3O2S/c1-4-9(5-2,7(13)14)15-8-11-10-6-12(8)3/h6H,4-5H2,1-3H3,(H,13,14). The van der Waals surface area contributed by atoms with Crippen LogP contribution in [0.15, 0.2) is 11.5 Å². The van der Waals surface area contributed by atoms with E-state index in [1.165, 1.54) is 11.8 Å². The Morgan fingerprint density at radius 3 is 2.53 bits per heavy atom. The van der Waals surface area contributed by atoms with Gasteiger partial charge in [0.1, 0.15) is 11.1 Å². The number of hydrogen-bond acceptors (Lipinski definition) is 4. The minimum atomic E-state index is -0.791. The highest BCUT2D eigenvalue weighted by molar-refractivity contribution is 8.01. The lowest BCUT2D eigenvalue weighted by atomic mass is 10.0. The lowest BCUT2D eigenvalue weighted by Crippen LogP contribution is -2.33. The van der Waals surface area contributed by atoms with Crippen molar-refractivity contribution in [2.75, 3.05) is 0 Å². The minimum absolute atomic E-state index is 0.566. The number of carboxylic acid groups (broad SMARTS) is 1. The molecule has 1 aromatic rings. The summed E-state index contributed by atoms with van der Waals surface area (Å²) in [4.78, 5) is 11.2. The van der Waals surface area contributed by atoms with Gasteiger partial charge in [-0.2, -0.15) is 0 Å². The maximum absolute atomic E-state index is 11.2. The third-order valence-corrected chi connectivity index (χ3v) is 4.18. The first-order valence-corrected chi connectivity index (χ1v) is 5.63. The Balaban J connectivity index is 2.93. The van der Waals surface area contributed by atoms with Gasteiger partial charge in [-0.05, 0) is 12.8 Å². The first-order valence-electron chi connectivity index (χ1n) is 4.82. The van der Waals surface area contributed by atoms with E-state index in [4.69, 9.17) is 0 Å². The van der Waals surface area contributed by atoms with Crippen molar-refractivity contribution in [1.29, 1.82) is 0 Å². The molecule has 0 aliphatic carbocycles. The van der Waals surface area contributed by atoms with Gasteiger partial charge < -0.3 is 9.67 Å². The van der Waals surface area contributed by atoms with E-state index in [0.717, 1.165) is 0 Å². The average Bonchev–Trinajstić information content (AvgIpc) is 2.60. The summed E-state index contributed by atoms with van der Waals surface area (Å²) >= 11 is 1.27. The van der Waals surface area contributed by atoms with Crippen LogP contribution in [0.25, 0.3) is 0 Å². The summed E-state index contributed by atoms with van der Waals surface area (Å²) in [6, 6.07) is 0.